The van der Waals surface area contributed by atoms with Crippen LogP contribution in [0.25, 0.3) is 0 Å². The summed E-state index contributed by atoms with van der Waals surface area (Å²) in [4.78, 5) is 12.5. The summed E-state index contributed by atoms with van der Waals surface area (Å²) in [5.41, 5.74) is 2.00. The highest BCUT2D eigenvalue weighted by Crippen LogP contribution is 2.28. The highest BCUT2D eigenvalue weighted by Gasteiger charge is 2.24. The number of aryl methyl sites for hydroxylation is 1. The molecule has 0 amide bonds. The van der Waals surface area contributed by atoms with Gasteiger partial charge in [-0.05, 0) is 36.2 Å². The molecule has 0 aliphatic heterocycles. The molecule has 0 N–H and O–H groups in total. The molecule has 0 aliphatic rings. The largest absolute Gasteiger partial charge is 0.292 e. The van der Waals surface area contributed by atoms with Gasteiger partial charge in [-0.3, -0.25) is 4.79 Å². The van der Waals surface area contributed by atoms with Crippen LogP contribution in [0.1, 0.15) is 27.4 Å². The third kappa shape index (κ3) is 2.92. The van der Waals surface area contributed by atoms with Crippen molar-refractivity contribution in [3.8, 4) is 6.07 Å². The first-order chi connectivity index (χ1) is 9.54. The predicted octanol–water partition coefficient (Wildman–Crippen LogP) is 4.90. The SMILES string of the molecule is Cc1ccccc1C(C#N)C(=O)c1ccc(Br)cc1Cl. The summed E-state index contributed by atoms with van der Waals surface area (Å²) in [5, 5.41) is 9.70. The number of nitrogens with zero attached hydrogens (tertiary/aromatic N) is 1. The van der Waals surface area contributed by atoms with Crippen molar-refractivity contribution < 1.29 is 4.79 Å². The molecule has 0 aromatic heterocycles. The highest BCUT2D eigenvalue weighted by molar-refractivity contribution is 9.10. The van der Waals surface area contributed by atoms with Crippen LogP contribution < -0.4 is 0 Å². The van der Waals surface area contributed by atoms with E-state index in [9.17, 15) is 10.1 Å². The molecular weight excluding hydrogens is 338 g/mol. The second-order valence-corrected chi connectivity index (χ2v) is 5.73. The van der Waals surface area contributed by atoms with Crippen molar-refractivity contribution in [2.24, 2.45) is 0 Å². The minimum absolute atomic E-state index is 0.278. The molecule has 2 aromatic carbocycles. The number of hydrogen-bond donors (Lipinski definition) is 0. The molecule has 1 atom stereocenters. The van der Waals surface area contributed by atoms with Gasteiger partial charge in [0.15, 0.2) is 5.78 Å². The monoisotopic (exact) mass is 347 g/mol. The minimum Gasteiger partial charge on any atom is -0.292 e. The number of carbonyl (C=O) groups excluding carboxylic acids is 1. The van der Waals surface area contributed by atoms with Gasteiger partial charge in [0.1, 0.15) is 5.92 Å². The van der Waals surface area contributed by atoms with Gasteiger partial charge in [0.25, 0.3) is 0 Å². The summed E-state index contributed by atoms with van der Waals surface area (Å²) in [5.74, 6) is -1.12. The van der Waals surface area contributed by atoms with Crippen molar-refractivity contribution in [1.82, 2.24) is 0 Å². The average molecular weight is 349 g/mol. The third-order valence-corrected chi connectivity index (χ3v) is 3.89. The molecule has 100 valence electrons. The zero-order valence-electron chi connectivity index (χ0n) is 10.7. The Morgan fingerprint density at radius 2 is 2.00 bits per heavy atom. The van der Waals surface area contributed by atoms with Crippen LogP contribution >= 0.6 is 27.5 Å². The van der Waals surface area contributed by atoms with Crippen molar-refractivity contribution >= 4 is 33.3 Å². The van der Waals surface area contributed by atoms with E-state index in [1.807, 2.05) is 25.1 Å². The first-order valence-electron chi connectivity index (χ1n) is 5.99. The van der Waals surface area contributed by atoms with Crippen molar-refractivity contribution in [1.29, 1.82) is 5.26 Å². The van der Waals surface area contributed by atoms with Gasteiger partial charge in [-0.15, -0.1) is 0 Å². The first-order valence-corrected chi connectivity index (χ1v) is 7.16. The number of ketones is 1. The van der Waals surface area contributed by atoms with Crippen molar-refractivity contribution in [2.45, 2.75) is 12.8 Å². The minimum atomic E-state index is -0.838. The molecule has 0 spiro atoms. The number of nitriles is 1. The summed E-state index contributed by atoms with van der Waals surface area (Å²) in [6.07, 6.45) is 0. The van der Waals surface area contributed by atoms with Gasteiger partial charge in [0, 0.05) is 10.0 Å². The van der Waals surface area contributed by atoms with Gasteiger partial charge in [-0.1, -0.05) is 51.8 Å². The summed E-state index contributed by atoms with van der Waals surface area (Å²) >= 11 is 9.39. The maximum atomic E-state index is 12.5. The summed E-state index contributed by atoms with van der Waals surface area (Å²) in [6, 6.07) is 14.5. The van der Waals surface area contributed by atoms with Gasteiger partial charge >= 0.3 is 0 Å². The smallest absolute Gasteiger partial charge is 0.185 e. The van der Waals surface area contributed by atoms with E-state index < -0.39 is 5.92 Å². The molecule has 2 rings (SSSR count). The fourth-order valence-corrected chi connectivity index (χ4v) is 2.79. The van der Waals surface area contributed by atoms with Crippen LogP contribution in [-0.2, 0) is 0 Å². The Labute approximate surface area is 131 Å². The van der Waals surface area contributed by atoms with Crippen molar-refractivity contribution in [3.63, 3.8) is 0 Å². The maximum absolute atomic E-state index is 12.5. The Balaban J connectivity index is 2.45. The summed E-state index contributed by atoms with van der Waals surface area (Å²) in [7, 11) is 0. The molecule has 0 fully saturated rings. The lowest BCUT2D eigenvalue weighted by Crippen LogP contribution is -2.13. The Morgan fingerprint density at radius 3 is 2.60 bits per heavy atom. The first kappa shape index (κ1) is 14.8. The molecule has 0 saturated heterocycles. The molecular formula is C16H11BrClNO. The van der Waals surface area contributed by atoms with E-state index in [0.29, 0.717) is 10.6 Å². The van der Waals surface area contributed by atoms with Crippen molar-refractivity contribution in [2.75, 3.05) is 0 Å². The second kappa shape index (κ2) is 6.21. The Bertz CT molecular complexity index is 706. The second-order valence-electron chi connectivity index (χ2n) is 4.41. The van der Waals surface area contributed by atoms with Gasteiger partial charge in [0.05, 0.1) is 11.1 Å². The van der Waals surface area contributed by atoms with Gasteiger partial charge < -0.3 is 0 Å². The van der Waals surface area contributed by atoms with E-state index in [-0.39, 0.29) is 5.78 Å². The van der Waals surface area contributed by atoms with Crippen LogP contribution in [0, 0.1) is 18.3 Å². The van der Waals surface area contributed by atoms with Crippen LogP contribution in [-0.4, -0.2) is 5.78 Å². The quantitative estimate of drug-likeness (QED) is 0.740. The van der Waals surface area contributed by atoms with Crippen LogP contribution in [0.15, 0.2) is 46.9 Å². The van der Waals surface area contributed by atoms with Gasteiger partial charge in [0.2, 0.25) is 0 Å². The number of carbonyl (C=O) groups is 1. The Hall–Kier alpha value is -1.63. The van der Waals surface area contributed by atoms with Crippen molar-refractivity contribution in [3.05, 3.63) is 68.7 Å². The van der Waals surface area contributed by atoms with E-state index >= 15 is 0 Å². The fourth-order valence-electron chi connectivity index (χ4n) is 2.02. The van der Waals surface area contributed by atoms with Gasteiger partial charge in [-0.2, -0.15) is 5.26 Å². The third-order valence-electron chi connectivity index (χ3n) is 3.09. The standard InChI is InChI=1S/C16H11BrClNO/c1-10-4-2-3-5-12(10)14(9-19)16(20)13-7-6-11(17)8-15(13)18/h2-8,14H,1H3. The summed E-state index contributed by atoms with van der Waals surface area (Å²) in [6.45, 7) is 1.89. The lowest BCUT2D eigenvalue weighted by molar-refractivity contribution is 0.0979. The number of hydrogen-bond acceptors (Lipinski definition) is 2. The topological polar surface area (TPSA) is 40.9 Å². The zero-order chi connectivity index (χ0) is 14.7. The fraction of sp³-hybridized carbons (Fsp3) is 0.125. The molecule has 4 heteroatoms. The van der Waals surface area contributed by atoms with E-state index in [0.717, 1.165) is 15.6 Å². The molecule has 0 aliphatic carbocycles. The lowest BCUT2D eigenvalue weighted by atomic mass is 9.89. The molecule has 0 heterocycles. The Morgan fingerprint density at radius 1 is 1.30 bits per heavy atom. The molecule has 0 radical (unpaired) electrons. The highest BCUT2D eigenvalue weighted by atomic mass is 79.9. The predicted molar refractivity (Wildman–Crippen MR) is 83.0 cm³/mol. The van der Waals surface area contributed by atoms with Crippen LogP contribution in [0.3, 0.4) is 0 Å². The number of rotatable bonds is 3. The van der Waals surface area contributed by atoms with Gasteiger partial charge in [-0.25, -0.2) is 0 Å². The number of benzene rings is 2. The zero-order valence-corrected chi connectivity index (χ0v) is 13.1. The van der Waals surface area contributed by atoms with E-state index in [2.05, 4.69) is 22.0 Å². The van der Waals surface area contributed by atoms with Crippen LogP contribution in [0.5, 0.6) is 0 Å². The van der Waals surface area contributed by atoms with E-state index in [1.54, 1.807) is 24.3 Å². The van der Waals surface area contributed by atoms with Crippen LogP contribution in [0.2, 0.25) is 5.02 Å². The normalized spacial score (nSPS) is 11.7. The molecule has 2 nitrogen and oxygen atoms in total. The lowest BCUT2D eigenvalue weighted by Gasteiger charge is -2.12. The Kier molecular flexibility index (Phi) is 4.59. The number of halogens is 2. The van der Waals surface area contributed by atoms with E-state index in [4.69, 9.17) is 11.6 Å². The number of Topliss-reactive ketones (excluding diaryl/α,β-unsaturated/α-hetero) is 1. The molecule has 0 saturated carbocycles. The van der Waals surface area contributed by atoms with Crippen LogP contribution in [0.4, 0.5) is 0 Å². The molecule has 20 heavy (non-hydrogen) atoms. The molecule has 0 bridgehead atoms. The maximum Gasteiger partial charge on any atom is 0.185 e. The molecule has 1 unspecified atom stereocenters. The average Bonchev–Trinajstić information content (AvgIpc) is 2.41. The molecule has 2 aromatic rings. The van der Waals surface area contributed by atoms with E-state index in [1.165, 1.54) is 0 Å². The summed E-state index contributed by atoms with van der Waals surface area (Å²) < 4.78 is 0.795.